The molecule has 0 saturated carbocycles. The number of nitriles is 1. The first-order valence-electron chi connectivity index (χ1n) is 9.32. The third-order valence-corrected chi connectivity index (χ3v) is 6.37. The zero-order valence-corrected chi connectivity index (χ0v) is 16.5. The van der Waals surface area contributed by atoms with Crippen LogP contribution >= 0.6 is 0 Å². The SMILES string of the molecule is CS(=O)(=O)c1ccc2c(c1)CCN2c1ccc(OC2CCN(C#N)CC2)cn1. The van der Waals surface area contributed by atoms with Crippen molar-refractivity contribution in [3.05, 3.63) is 42.1 Å². The van der Waals surface area contributed by atoms with Crippen molar-refractivity contribution in [2.45, 2.75) is 30.3 Å². The van der Waals surface area contributed by atoms with Gasteiger partial charge in [0.05, 0.1) is 11.1 Å². The molecule has 146 valence electrons. The molecule has 4 rings (SSSR count). The van der Waals surface area contributed by atoms with E-state index in [0.29, 0.717) is 4.90 Å². The van der Waals surface area contributed by atoms with Gasteiger partial charge in [-0.15, -0.1) is 0 Å². The second-order valence-corrected chi connectivity index (χ2v) is 9.24. The number of aromatic nitrogens is 1. The summed E-state index contributed by atoms with van der Waals surface area (Å²) in [6, 6.07) is 9.11. The van der Waals surface area contributed by atoms with E-state index in [9.17, 15) is 8.42 Å². The van der Waals surface area contributed by atoms with Crippen LogP contribution in [-0.2, 0) is 16.3 Å². The zero-order chi connectivity index (χ0) is 19.7. The van der Waals surface area contributed by atoms with Crippen molar-refractivity contribution in [2.75, 3.05) is 30.8 Å². The van der Waals surface area contributed by atoms with E-state index in [2.05, 4.69) is 16.1 Å². The molecule has 1 aromatic carbocycles. The number of sulfone groups is 1. The summed E-state index contributed by atoms with van der Waals surface area (Å²) < 4.78 is 29.5. The monoisotopic (exact) mass is 398 g/mol. The molecule has 0 bridgehead atoms. The summed E-state index contributed by atoms with van der Waals surface area (Å²) >= 11 is 0. The maximum Gasteiger partial charge on any atom is 0.179 e. The number of nitrogens with zero attached hydrogens (tertiary/aromatic N) is 4. The molecule has 8 heteroatoms. The fraction of sp³-hybridized carbons (Fsp3) is 0.400. The van der Waals surface area contributed by atoms with Crippen LogP contribution in [0.3, 0.4) is 0 Å². The van der Waals surface area contributed by atoms with E-state index in [1.165, 1.54) is 6.26 Å². The molecule has 28 heavy (non-hydrogen) atoms. The molecular formula is C20H22N4O3S. The molecule has 2 aliphatic rings. The molecule has 1 aromatic heterocycles. The molecular weight excluding hydrogens is 376 g/mol. The van der Waals surface area contributed by atoms with Crippen molar-refractivity contribution in [1.29, 1.82) is 5.26 Å². The number of ether oxygens (including phenoxy) is 1. The number of anilines is 2. The molecule has 0 spiro atoms. The van der Waals surface area contributed by atoms with Gasteiger partial charge in [-0.25, -0.2) is 13.4 Å². The summed E-state index contributed by atoms with van der Waals surface area (Å²) in [4.78, 5) is 8.75. The second kappa shape index (κ2) is 7.32. The lowest BCUT2D eigenvalue weighted by Gasteiger charge is -2.28. The summed E-state index contributed by atoms with van der Waals surface area (Å²) in [6.45, 7) is 2.22. The van der Waals surface area contributed by atoms with Gasteiger partial charge in [-0.1, -0.05) is 0 Å². The molecule has 0 radical (unpaired) electrons. The quantitative estimate of drug-likeness (QED) is 0.731. The fourth-order valence-corrected chi connectivity index (χ4v) is 4.39. The van der Waals surface area contributed by atoms with Crippen LogP contribution in [0.1, 0.15) is 18.4 Å². The lowest BCUT2D eigenvalue weighted by atomic mass is 10.1. The Labute approximate surface area is 165 Å². The third-order valence-electron chi connectivity index (χ3n) is 5.26. The number of pyridine rings is 1. The highest BCUT2D eigenvalue weighted by molar-refractivity contribution is 7.90. The topological polar surface area (TPSA) is 86.5 Å². The number of rotatable bonds is 4. The third kappa shape index (κ3) is 3.76. The first-order chi connectivity index (χ1) is 13.4. The van der Waals surface area contributed by atoms with Crippen LogP contribution in [0, 0.1) is 11.5 Å². The van der Waals surface area contributed by atoms with Crippen molar-refractivity contribution in [1.82, 2.24) is 9.88 Å². The molecule has 7 nitrogen and oxygen atoms in total. The first kappa shape index (κ1) is 18.6. The van der Waals surface area contributed by atoms with Gasteiger partial charge in [0.1, 0.15) is 17.7 Å². The predicted molar refractivity (Wildman–Crippen MR) is 105 cm³/mol. The van der Waals surface area contributed by atoms with E-state index in [0.717, 1.165) is 61.7 Å². The van der Waals surface area contributed by atoms with Crippen LogP contribution < -0.4 is 9.64 Å². The van der Waals surface area contributed by atoms with Gasteiger partial charge >= 0.3 is 0 Å². The fourth-order valence-electron chi connectivity index (χ4n) is 3.71. The highest BCUT2D eigenvalue weighted by atomic mass is 32.2. The largest absolute Gasteiger partial charge is 0.489 e. The number of fused-ring (bicyclic) bond motifs is 1. The Morgan fingerprint density at radius 3 is 2.61 bits per heavy atom. The summed E-state index contributed by atoms with van der Waals surface area (Å²) in [5.74, 6) is 1.54. The van der Waals surface area contributed by atoms with Gasteiger partial charge in [0.25, 0.3) is 0 Å². The van der Waals surface area contributed by atoms with Gasteiger partial charge < -0.3 is 14.5 Å². The lowest BCUT2D eigenvalue weighted by molar-refractivity contribution is 0.126. The molecule has 0 amide bonds. The Kier molecular flexibility index (Phi) is 4.85. The maximum atomic E-state index is 11.8. The Morgan fingerprint density at radius 1 is 1.18 bits per heavy atom. The molecule has 0 unspecified atom stereocenters. The number of likely N-dealkylation sites (tertiary alicyclic amines) is 1. The molecule has 0 atom stereocenters. The molecule has 2 aromatic rings. The predicted octanol–water partition coefficient (Wildman–Crippen LogP) is 2.50. The first-order valence-corrected chi connectivity index (χ1v) is 11.2. The van der Waals surface area contributed by atoms with Crippen molar-refractivity contribution < 1.29 is 13.2 Å². The molecule has 1 saturated heterocycles. The Balaban J connectivity index is 1.45. The molecule has 2 aliphatic heterocycles. The Bertz CT molecular complexity index is 1010. The standard InChI is InChI=1S/C20H22N4O3S/c1-28(25,26)18-3-4-19-15(12-18)6-11-24(19)20-5-2-17(13-22-20)27-16-7-9-23(14-21)10-8-16/h2-5,12-13,16H,6-11H2,1H3. The van der Waals surface area contributed by atoms with E-state index in [1.807, 2.05) is 18.2 Å². The van der Waals surface area contributed by atoms with Crippen molar-refractivity contribution in [3.8, 4) is 11.9 Å². The van der Waals surface area contributed by atoms with E-state index < -0.39 is 9.84 Å². The normalized spacial score (nSPS) is 17.3. The van der Waals surface area contributed by atoms with Crippen LogP contribution in [0.2, 0.25) is 0 Å². The van der Waals surface area contributed by atoms with E-state index in [-0.39, 0.29) is 6.10 Å². The van der Waals surface area contributed by atoms with Crippen molar-refractivity contribution in [3.63, 3.8) is 0 Å². The zero-order valence-electron chi connectivity index (χ0n) is 15.7. The van der Waals surface area contributed by atoms with E-state index >= 15 is 0 Å². The second-order valence-electron chi connectivity index (χ2n) is 7.22. The van der Waals surface area contributed by atoms with Crippen molar-refractivity contribution in [2.24, 2.45) is 0 Å². The van der Waals surface area contributed by atoms with Crippen molar-refractivity contribution >= 4 is 21.3 Å². The number of hydrogen-bond donors (Lipinski definition) is 0. The minimum atomic E-state index is -3.20. The number of benzene rings is 1. The summed E-state index contributed by atoms with van der Waals surface area (Å²) in [5, 5.41) is 8.92. The minimum absolute atomic E-state index is 0.110. The maximum absolute atomic E-state index is 11.8. The van der Waals surface area contributed by atoms with Gasteiger partial charge in [-0.05, 0) is 42.3 Å². The molecule has 1 fully saturated rings. The molecule has 0 N–H and O–H groups in total. The van der Waals surface area contributed by atoms with Gasteiger partial charge in [0.15, 0.2) is 16.0 Å². The van der Waals surface area contributed by atoms with Crippen LogP contribution in [0.25, 0.3) is 0 Å². The molecule has 3 heterocycles. The Hall–Kier alpha value is -2.79. The number of hydrogen-bond acceptors (Lipinski definition) is 7. The summed E-state index contributed by atoms with van der Waals surface area (Å²) in [6.07, 6.45) is 7.69. The van der Waals surface area contributed by atoms with Gasteiger partial charge in [-0.3, -0.25) is 0 Å². The van der Waals surface area contributed by atoms with Gasteiger partial charge in [-0.2, -0.15) is 5.26 Å². The summed E-state index contributed by atoms with van der Waals surface area (Å²) in [5.41, 5.74) is 2.02. The Morgan fingerprint density at radius 2 is 1.96 bits per heavy atom. The van der Waals surface area contributed by atoms with Gasteiger partial charge in [0.2, 0.25) is 0 Å². The lowest BCUT2D eigenvalue weighted by Crippen LogP contribution is -2.35. The smallest absolute Gasteiger partial charge is 0.179 e. The highest BCUT2D eigenvalue weighted by Gasteiger charge is 2.24. The summed E-state index contributed by atoms with van der Waals surface area (Å²) in [7, 11) is -3.20. The average Bonchev–Trinajstić information content (AvgIpc) is 3.12. The van der Waals surface area contributed by atoms with E-state index in [4.69, 9.17) is 10.00 Å². The van der Waals surface area contributed by atoms with Crippen LogP contribution in [0.4, 0.5) is 11.5 Å². The highest BCUT2D eigenvalue weighted by Crippen LogP contribution is 2.35. The van der Waals surface area contributed by atoms with Crippen LogP contribution in [-0.4, -0.2) is 50.3 Å². The van der Waals surface area contributed by atoms with Crippen LogP contribution in [0.15, 0.2) is 41.4 Å². The number of piperidine rings is 1. The average molecular weight is 398 g/mol. The molecule has 0 aliphatic carbocycles. The van der Waals surface area contributed by atoms with Crippen LogP contribution in [0.5, 0.6) is 5.75 Å². The van der Waals surface area contributed by atoms with E-state index in [1.54, 1.807) is 23.2 Å². The minimum Gasteiger partial charge on any atom is -0.489 e. The van der Waals surface area contributed by atoms with Gasteiger partial charge in [0, 0.05) is 44.4 Å².